The second-order valence-electron chi connectivity index (χ2n) is 9.43. The van der Waals surface area contributed by atoms with Crippen LogP contribution in [0.15, 0.2) is 115 Å². The molecule has 5 aromatic rings. The van der Waals surface area contributed by atoms with Crippen LogP contribution in [0, 0.1) is 13.8 Å². The SMILES string of the molecule is Cc1ccccc1Oc1ccc(N2C(=S)N[C@@H](c3ccccn3)[C@H]2c2ccc(C)n2-c2ccccc2)cc1. The van der Waals surface area contributed by atoms with Crippen LogP contribution < -0.4 is 15.0 Å². The summed E-state index contributed by atoms with van der Waals surface area (Å²) in [6, 6.07) is 36.7. The first-order valence-corrected chi connectivity index (χ1v) is 13.1. The molecule has 188 valence electrons. The van der Waals surface area contributed by atoms with Gasteiger partial charge < -0.3 is 19.5 Å². The van der Waals surface area contributed by atoms with Crippen LogP contribution in [-0.2, 0) is 0 Å². The van der Waals surface area contributed by atoms with Gasteiger partial charge in [0.25, 0.3) is 0 Å². The molecule has 0 aliphatic carbocycles. The van der Waals surface area contributed by atoms with E-state index in [-0.39, 0.29) is 12.1 Å². The molecular weight excluding hydrogens is 488 g/mol. The zero-order chi connectivity index (χ0) is 26.1. The van der Waals surface area contributed by atoms with Gasteiger partial charge in [0, 0.05) is 29.0 Å². The van der Waals surface area contributed by atoms with Crippen molar-refractivity contribution in [2.24, 2.45) is 0 Å². The summed E-state index contributed by atoms with van der Waals surface area (Å²) in [5.74, 6) is 1.63. The Bertz CT molecular complexity index is 1560. The van der Waals surface area contributed by atoms with Gasteiger partial charge in [-0.2, -0.15) is 0 Å². The van der Waals surface area contributed by atoms with E-state index in [9.17, 15) is 0 Å². The highest BCUT2D eigenvalue weighted by Crippen LogP contribution is 2.43. The molecule has 5 nitrogen and oxygen atoms in total. The molecule has 0 bridgehead atoms. The molecule has 6 rings (SSSR count). The molecule has 3 aromatic carbocycles. The number of aryl methyl sites for hydroxylation is 2. The van der Waals surface area contributed by atoms with Crippen molar-refractivity contribution in [3.63, 3.8) is 0 Å². The number of benzene rings is 3. The minimum absolute atomic E-state index is 0.116. The van der Waals surface area contributed by atoms with Crippen LogP contribution >= 0.6 is 12.2 Å². The lowest BCUT2D eigenvalue weighted by atomic mass is 10.0. The van der Waals surface area contributed by atoms with Crippen molar-refractivity contribution < 1.29 is 4.74 Å². The number of hydrogen-bond donors (Lipinski definition) is 1. The molecule has 0 unspecified atom stereocenters. The molecule has 1 saturated heterocycles. The quantitative estimate of drug-likeness (QED) is 0.237. The van der Waals surface area contributed by atoms with E-state index in [0.717, 1.165) is 45.5 Å². The Morgan fingerprint density at radius 3 is 2.24 bits per heavy atom. The fourth-order valence-electron chi connectivity index (χ4n) is 5.13. The highest BCUT2D eigenvalue weighted by molar-refractivity contribution is 7.80. The highest BCUT2D eigenvalue weighted by atomic mass is 32.1. The van der Waals surface area contributed by atoms with Crippen molar-refractivity contribution in [1.29, 1.82) is 0 Å². The van der Waals surface area contributed by atoms with E-state index >= 15 is 0 Å². The Labute approximate surface area is 228 Å². The van der Waals surface area contributed by atoms with E-state index < -0.39 is 0 Å². The summed E-state index contributed by atoms with van der Waals surface area (Å²) in [5.41, 5.74) is 6.44. The van der Waals surface area contributed by atoms with Gasteiger partial charge in [0.1, 0.15) is 17.5 Å². The van der Waals surface area contributed by atoms with E-state index in [1.165, 1.54) is 0 Å². The van der Waals surface area contributed by atoms with Gasteiger partial charge in [-0.1, -0.05) is 42.5 Å². The predicted octanol–water partition coefficient (Wildman–Crippen LogP) is 7.46. The maximum Gasteiger partial charge on any atom is 0.174 e. The lowest BCUT2D eigenvalue weighted by molar-refractivity contribution is 0.479. The van der Waals surface area contributed by atoms with Gasteiger partial charge in [-0.3, -0.25) is 4.98 Å². The fourth-order valence-corrected chi connectivity index (χ4v) is 5.47. The van der Waals surface area contributed by atoms with Crippen molar-refractivity contribution in [1.82, 2.24) is 14.9 Å². The number of aromatic nitrogens is 2. The number of para-hydroxylation sites is 2. The third-order valence-electron chi connectivity index (χ3n) is 6.96. The standard InChI is InChI=1S/C32H28N4OS/c1-22-10-6-7-14-29(22)37-26-18-16-25(17-19-26)36-31(30(34-32(36)38)27-13-8-9-21-33-27)28-20-15-23(2)35(28)24-11-4-3-5-12-24/h3-21,30-31H,1-2H3,(H,34,38)/t30-,31+/m0/s1. The molecule has 0 spiro atoms. The van der Waals surface area contributed by atoms with Gasteiger partial charge in [0.2, 0.25) is 0 Å². The Morgan fingerprint density at radius 2 is 1.50 bits per heavy atom. The second-order valence-corrected chi connectivity index (χ2v) is 9.82. The third kappa shape index (κ3) is 4.44. The lowest BCUT2D eigenvalue weighted by Gasteiger charge is -2.29. The summed E-state index contributed by atoms with van der Waals surface area (Å²) in [6.07, 6.45) is 1.83. The number of hydrogen-bond acceptors (Lipinski definition) is 3. The molecule has 0 radical (unpaired) electrons. The normalized spacial score (nSPS) is 16.9. The molecule has 3 heterocycles. The zero-order valence-corrected chi connectivity index (χ0v) is 22.1. The molecule has 2 aromatic heterocycles. The summed E-state index contributed by atoms with van der Waals surface area (Å²) in [6.45, 7) is 4.18. The molecule has 1 aliphatic rings. The van der Waals surface area contributed by atoms with Crippen molar-refractivity contribution in [3.8, 4) is 17.2 Å². The van der Waals surface area contributed by atoms with Crippen molar-refractivity contribution in [2.75, 3.05) is 4.90 Å². The maximum atomic E-state index is 6.15. The lowest BCUT2D eigenvalue weighted by Crippen LogP contribution is -2.30. The first-order chi connectivity index (χ1) is 18.6. The number of anilines is 1. The van der Waals surface area contributed by atoms with Crippen LogP contribution in [0.5, 0.6) is 11.5 Å². The average Bonchev–Trinajstić information content (AvgIpc) is 3.50. The zero-order valence-electron chi connectivity index (χ0n) is 21.3. The van der Waals surface area contributed by atoms with Crippen molar-refractivity contribution in [2.45, 2.75) is 25.9 Å². The molecule has 1 aliphatic heterocycles. The van der Waals surface area contributed by atoms with E-state index in [4.69, 9.17) is 21.9 Å². The number of thiocarbonyl (C=S) groups is 1. The molecule has 1 fully saturated rings. The van der Waals surface area contributed by atoms with Crippen LogP contribution in [0.25, 0.3) is 5.69 Å². The Hall–Kier alpha value is -4.42. The number of ether oxygens (including phenoxy) is 1. The molecular formula is C32H28N4OS. The van der Waals surface area contributed by atoms with Gasteiger partial charge in [-0.15, -0.1) is 0 Å². The maximum absolute atomic E-state index is 6.15. The molecule has 2 atom stereocenters. The monoisotopic (exact) mass is 516 g/mol. The van der Waals surface area contributed by atoms with E-state index in [1.54, 1.807) is 0 Å². The minimum atomic E-state index is -0.122. The summed E-state index contributed by atoms with van der Waals surface area (Å²) in [7, 11) is 0. The highest BCUT2D eigenvalue weighted by Gasteiger charge is 2.42. The van der Waals surface area contributed by atoms with Gasteiger partial charge in [0.05, 0.1) is 11.7 Å². The van der Waals surface area contributed by atoms with E-state index in [0.29, 0.717) is 5.11 Å². The van der Waals surface area contributed by atoms with Crippen LogP contribution in [0.3, 0.4) is 0 Å². The van der Waals surface area contributed by atoms with Crippen molar-refractivity contribution in [3.05, 3.63) is 138 Å². The van der Waals surface area contributed by atoms with Gasteiger partial charge in [-0.05, 0) is 98.4 Å². The third-order valence-corrected chi connectivity index (χ3v) is 7.27. The molecule has 1 N–H and O–H groups in total. The molecule has 6 heteroatoms. The Kier molecular flexibility index (Phi) is 6.40. The number of nitrogens with one attached hydrogen (secondary N) is 1. The summed E-state index contributed by atoms with van der Waals surface area (Å²) >= 11 is 5.94. The molecule has 0 saturated carbocycles. The molecule has 38 heavy (non-hydrogen) atoms. The number of nitrogens with zero attached hydrogens (tertiary/aromatic N) is 3. The van der Waals surface area contributed by atoms with Crippen LogP contribution in [0.2, 0.25) is 0 Å². The first-order valence-electron chi connectivity index (χ1n) is 12.7. The van der Waals surface area contributed by atoms with Gasteiger partial charge in [0.15, 0.2) is 5.11 Å². The van der Waals surface area contributed by atoms with Crippen LogP contribution in [-0.4, -0.2) is 14.7 Å². The van der Waals surface area contributed by atoms with Gasteiger partial charge >= 0.3 is 0 Å². The number of rotatable bonds is 6. The van der Waals surface area contributed by atoms with Crippen molar-refractivity contribution >= 4 is 23.0 Å². The number of pyridine rings is 1. The van der Waals surface area contributed by atoms with E-state index in [1.807, 2.05) is 67.7 Å². The Balaban J connectivity index is 1.42. The van der Waals surface area contributed by atoms with Crippen LogP contribution in [0.1, 0.15) is 34.7 Å². The minimum Gasteiger partial charge on any atom is -0.457 e. The second kappa shape index (κ2) is 10.1. The first kappa shape index (κ1) is 23.9. The average molecular weight is 517 g/mol. The fraction of sp³-hybridized carbons (Fsp3) is 0.125. The Morgan fingerprint density at radius 1 is 0.763 bits per heavy atom. The largest absolute Gasteiger partial charge is 0.457 e. The molecule has 0 amide bonds. The predicted molar refractivity (Wildman–Crippen MR) is 156 cm³/mol. The summed E-state index contributed by atoms with van der Waals surface area (Å²) < 4.78 is 8.46. The van der Waals surface area contributed by atoms with E-state index in [2.05, 4.69) is 76.3 Å². The summed E-state index contributed by atoms with van der Waals surface area (Å²) in [4.78, 5) is 6.89. The van der Waals surface area contributed by atoms with Gasteiger partial charge in [-0.25, -0.2) is 0 Å². The van der Waals surface area contributed by atoms with Crippen LogP contribution in [0.4, 0.5) is 5.69 Å². The smallest absolute Gasteiger partial charge is 0.174 e. The summed E-state index contributed by atoms with van der Waals surface area (Å²) in [5, 5.41) is 4.23. The topological polar surface area (TPSA) is 42.3 Å².